The number of carbonyl (C=O) groups is 10. The summed E-state index contributed by atoms with van der Waals surface area (Å²) in [5, 5.41) is 61.3. The van der Waals surface area contributed by atoms with Crippen molar-refractivity contribution in [1.82, 2.24) is 96.4 Å². The average molecular weight is 1540 g/mol. The van der Waals surface area contributed by atoms with E-state index in [1.54, 1.807) is 55.8 Å². The lowest BCUT2D eigenvalue weighted by atomic mass is 10.0. The van der Waals surface area contributed by atoms with Crippen LogP contribution in [0.15, 0.2) is 67.3 Å². The van der Waals surface area contributed by atoms with E-state index in [0.717, 1.165) is 9.80 Å². The zero-order valence-electron chi connectivity index (χ0n) is 60.5. The summed E-state index contributed by atoms with van der Waals surface area (Å²) < 4.78 is 81.5. The predicted molar refractivity (Wildman–Crippen MR) is 375 cm³/mol. The van der Waals surface area contributed by atoms with Gasteiger partial charge in [0.1, 0.15) is 35.9 Å². The van der Waals surface area contributed by atoms with Gasteiger partial charge >= 0.3 is 18.1 Å². The number of amides is 8. The van der Waals surface area contributed by atoms with Crippen molar-refractivity contribution >= 4 is 59.2 Å². The third kappa shape index (κ3) is 27.2. The number of carboxylic acid groups (broad SMARTS) is 2. The van der Waals surface area contributed by atoms with Crippen LogP contribution in [0.4, 0.5) is 17.6 Å². The maximum atomic E-state index is 13.9. The number of halogens is 4. The molecule has 110 heavy (non-hydrogen) atoms. The highest BCUT2D eigenvalue weighted by molar-refractivity contribution is 5.99. The number of alkyl halides is 4. The summed E-state index contributed by atoms with van der Waals surface area (Å²) in [6.07, 6.45) is 3.05. The first-order valence-electron chi connectivity index (χ1n) is 35.2. The standard InChI is InChI=1S/C69H87F4N21O16/c1-45(66(105)93-43-68(70,71)33-54(93)35-74)82-64(103)47-4-8-76-52(31-47)36-80-58(95)6-20-107-24-26-109-22-18-91-38-55(84-86-91)49-28-50(30-51(29-49)63(102)79-11-10-78-60(97)40-88-12-14-89(41-61(98)99)16-17-90(15-13-88)42-62(100)101)56-39-92(87-85-56)19-23-110-27-25-108-21-7-59(96)81-37-53-32-48(5-9-77-53)65(104)83-46(2)67(106)94-44-69(72,73)34-57(94)75-3/h4-5,8-9,28-32,38-39,45-46,54,57H,6-7,10-27,33-34,36-37,40-44H2,1-2H3,(H,78,97)(H,79,102)(H,80,95)(H,81,96)(H,82,103)(H,83,104)(H,98,99)(H,100,101)/t45-,46-,54+,57-/m0/s1. The second-order valence-electron chi connectivity index (χ2n) is 26.0. The Bertz CT molecular complexity index is 3890. The van der Waals surface area contributed by atoms with E-state index in [1.165, 1.54) is 50.5 Å². The highest BCUT2D eigenvalue weighted by atomic mass is 19.3. The first-order valence-corrected chi connectivity index (χ1v) is 35.2. The highest BCUT2D eigenvalue weighted by Gasteiger charge is 2.52. The Kier molecular flexibility index (Phi) is 31.9. The number of nitriles is 1. The van der Waals surface area contributed by atoms with Crippen molar-refractivity contribution in [2.75, 3.05) is 138 Å². The minimum absolute atomic E-state index is 0.0138. The van der Waals surface area contributed by atoms with Crippen molar-refractivity contribution in [2.24, 2.45) is 0 Å². The number of nitrogens with one attached hydrogen (secondary N) is 6. The summed E-state index contributed by atoms with van der Waals surface area (Å²) >= 11 is 0. The Morgan fingerprint density at radius 1 is 0.564 bits per heavy atom. The van der Waals surface area contributed by atoms with Gasteiger partial charge in [-0.25, -0.2) is 33.5 Å². The number of nitrogens with zero attached hydrogens (tertiary/aromatic N) is 15. The highest BCUT2D eigenvalue weighted by Crippen LogP contribution is 2.34. The predicted octanol–water partition coefficient (Wildman–Crippen LogP) is -0.483. The molecular weight excluding hydrogens is 1450 g/mol. The largest absolute Gasteiger partial charge is 0.480 e. The van der Waals surface area contributed by atoms with Crippen LogP contribution >= 0.6 is 0 Å². The molecule has 592 valence electrons. The number of benzene rings is 1. The van der Waals surface area contributed by atoms with Gasteiger partial charge in [0.15, 0.2) is 0 Å². The molecule has 4 aromatic heterocycles. The molecule has 5 aromatic rings. The van der Waals surface area contributed by atoms with E-state index in [2.05, 4.69) is 67.3 Å². The van der Waals surface area contributed by atoms with Crippen LogP contribution in [0.1, 0.15) is 82.0 Å². The van der Waals surface area contributed by atoms with E-state index in [-0.39, 0.29) is 159 Å². The van der Waals surface area contributed by atoms with Gasteiger partial charge in [-0.05, 0) is 56.3 Å². The summed E-state index contributed by atoms with van der Waals surface area (Å²) in [7, 11) is 0. The summed E-state index contributed by atoms with van der Waals surface area (Å²) in [5.41, 5.74) is 2.80. The topological polar surface area (TPSA) is 452 Å². The van der Waals surface area contributed by atoms with Gasteiger partial charge in [-0.15, -0.1) is 10.2 Å². The van der Waals surface area contributed by atoms with Gasteiger partial charge in [0.25, 0.3) is 35.5 Å². The molecule has 3 saturated heterocycles. The lowest BCUT2D eigenvalue weighted by molar-refractivity contribution is -0.140. The van der Waals surface area contributed by atoms with E-state index in [1.807, 2.05) is 4.90 Å². The fourth-order valence-corrected chi connectivity index (χ4v) is 11.7. The molecule has 0 spiro atoms. The summed E-state index contributed by atoms with van der Waals surface area (Å²) in [4.78, 5) is 145. The van der Waals surface area contributed by atoms with Gasteiger partial charge < -0.3 is 66.0 Å². The molecule has 3 fully saturated rings. The summed E-state index contributed by atoms with van der Waals surface area (Å²) in [6.45, 7) is 11.1. The third-order valence-electron chi connectivity index (χ3n) is 17.4. The monoisotopic (exact) mass is 1540 g/mol. The molecule has 8 amide bonds. The Hall–Kier alpha value is -11.1. The lowest BCUT2D eigenvalue weighted by Gasteiger charge is -2.24. The molecule has 37 nitrogen and oxygen atoms in total. The molecule has 0 aliphatic carbocycles. The van der Waals surface area contributed by atoms with Crippen LogP contribution in [-0.2, 0) is 78.7 Å². The zero-order chi connectivity index (χ0) is 79.3. The van der Waals surface area contributed by atoms with Crippen LogP contribution in [-0.4, -0.2) is 308 Å². The smallest absolute Gasteiger partial charge is 0.317 e. The van der Waals surface area contributed by atoms with Crippen LogP contribution in [0.3, 0.4) is 0 Å². The minimum Gasteiger partial charge on any atom is -0.480 e. The Labute approximate surface area is 628 Å². The van der Waals surface area contributed by atoms with Gasteiger partial charge in [-0.1, -0.05) is 10.4 Å². The van der Waals surface area contributed by atoms with Crippen molar-refractivity contribution in [1.29, 1.82) is 5.26 Å². The number of aromatic nitrogens is 8. The number of hydrogen-bond donors (Lipinski definition) is 8. The number of carboxylic acids is 2. The Morgan fingerprint density at radius 3 is 1.46 bits per heavy atom. The number of likely N-dealkylation sites (tertiary alicyclic amines) is 2. The van der Waals surface area contributed by atoms with Crippen LogP contribution in [0.2, 0.25) is 0 Å². The first-order chi connectivity index (χ1) is 52.6. The third-order valence-corrected chi connectivity index (χ3v) is 17.4. The molecule has 0 saturated carbocycles. The molecule has 0 unspecified atom stereocenters. The molecule has 7 heterocycles. The fraction of sp³-hybridized carbons (Fsp3) is 0.536. The molecule has 0 bridgehead atoms. The number of carbonyl (C=O) groups excluding carboxylic acids is 8. The maximum Gasteiger partial charge on any atom is 0.317 e. The van der Waals surface area contributed by atoms with Gasteiger partial charge in [0, 0.05) is 112 Å². The zero-order valence-corrected chi connectivity index (χ0v) is 60.5. The van der Waals surface area contributed by atoms with Crippen LogP contribution in [0.5, 0.6) is 0 Å². The van der Waals surface area contributed by atoms with Crippen molar-refractivity contribution in [3.8, 4) is 28.6 Å². The summed E-state index contributed by atoms with van der Waals surface area (Å²) in [6, 6.07) is 8.52. The average Bonchev–Trinajstić information content (AvgIpc) is 1.75. The van der Waals surface area contributed by atoms with E-state index < -0.39 is 104 Å². The number of ether oxygens (including phenoxy) is 4. The Balaban J connectivity index is 0.769. The van der Waals surface area contributed by atoms with Crippen molar-refractivity contribution in [3.63, 3.8) is 0 Å². The molecule has 3 aliphatic rings. The van der Waals surface area contributed by atoms with Crippen molar-refractivity contribution in [2.45, 2.75) is 102 Å². The number of rotatable bonds is 40. The van der Waals surface area contributed by atoms with Crippen LogP contribution in [0, 0.1) is 17.9 Å². The van der Waals surface area contributed by atoms with Gasteiger partial charge in [-0.2, -0.15) is 5.26 Å². The Morgan fingerprint density at radius 2 is 1.00 bits per heavy atom. The molecule has 0 radical (unpaired) electrons. The van der Waals surface area contributed by atoms with Gasteiger partial charge in [-0.3, -0.25) is 82.4 Å². The van der Waals surface area contributed by atoms with Crippen LogP contribution < -0.4 is 31.9 Å². The fourth-order valence-electron chi connectivity index (χ4n) is 11.7. The van der Waals surface area contributed by atoms with E-state index >= 15 is 0 Å². The van der Waals surface area contributed by atoms with Gasteiger partial charge in [0.2, 0.25) is 23.6 Å². The molecule has 8 N–H and O–H groups in total. The SMILES string of the molecule is [C-]#[N+][C@@H]1CC(F)(F)CN1C(=O)[C@H](C)NC(=O)c1ccnc(CNC(=O)CCOCCOCCn2cc(-c3cc(C(=O)NCCNC(=O)CN4CCN(CC(=O)O)CCN(CC(=O)O)CC4)cc(-c4cn(CCOCCOCCC(=O)NCc5cc(C(=O)N[C@@H](C)C(=O)N6CC(F)(F)C[C@@H]6C#N)ccn5)nn4)c3)nn2)c1. The van der Waals surface area contributed by atoms with Gasteiger partial charge in [0.05, 0.1) is 142 Å². The lowest BCUT2D eigenvalue weighted by Crippen LogP contribution is -2.48. The van der Waals surface area contributed by atoms with Crippen LogP contribution in [0.25, 0.3) is 27.4 Å². The van der Waals surface area contributed by atoms with Crippen molar-refractivity contribution in [3.05, 3.63) is 107 Å². The molecule has 41 heteroatoms. The number of pyridine rings is 2. The van der Waals surface area contributed by atoms with E-state index in [9.17, 15) is 81.0 Å². The second kappa shape index (κ2) is 41.5. The van der Waals surface area contributed by atoms with E-state index in [0.29, 0.717) is 73.2 Å². The maximum absolute atomic E-state index is 13.9. The first kappa shape index (κ1) is 84.5. The molecule has 1 aromatic carbocycles. The number of aliphatic carboxylic acids is 2. The molecular formula is C69H87F4N21O16. The second-order valence-corrected chi connectivity index (χ2v) is 26.0. The normalized spacial score (nSPS) is 17.1. The number of hydrogen-bond acceptors (Lipinski definition) is 24. The molecule has 8 rings (SSSR count). The minimum atomic E-state index is -3.22. The molecule has 3 aliphatic heterocycles. The van der Waals surface area contributed by atoms with Crippen molar-refractivity contribution < 1.29 is 94.7 Å². The van der Waals surface area contributed by atoms with E-state index in [4.69, 9.17) is 25.5 Å². The summed E-state index contributed by atoms with van der Waals surface area (Å²) in [5.74, 6) is -13.1. The molecule has 4 atom stereocenters. The quantitative estimate of drug-likeness (QED) is 0.0139.